The predicted octanol–water partition coefficient (Wildman–Crippen LogP) is 3.89. The van der Waals surface area contributed by atoms with Crippen LogP contribution in [-0.2, 0) is 0 Å². The first-order valence-corrected chi connectivity index (χ1v) is 7.47. The number of benzene rings is 2. The van der Waals surface area contributed by atoms with Crippen LogP contribution in [0.3, 0.4) is 0 Å². The molecular weight excluding hydrogens is 299 g/mol. The van der Waals surface area contributed by atoms with Gasteiger partial charge in [0.05, 0.1) is 6.04 Å². The van der Waals surface area contributed by atoms with Crippen molar-refractivity contribution in [1.29, 1.82) is 0 Å². The Labute approximate surface area is 135 Å². The average molecular weight is 318 g/mol. The van der Waals surface area contributed by atoms with Gasteiger partial charge in [-0.3, -0.25) is 0 Å². The van der Waals surface area contributed by atoms with Crippen LogP contribution in [0, 0.1) is 12.7 Å². The minimum absolute atomic E-state index is 0.0214. The van der Waals surface area contributed by atoms with Gasteiger partial charge in [0.2, 0.25) is 0 Å². The van der Waals surface area contributed by atoms with Gasteiger partial charge in [0, 0.05) is 5.69 Å². The Morgan fingerprint density at radius 1 is 1.23 bits per heavy atom. The summed E-state index contributed by atoms with van der Waals surface area (Å²) < 4.78 is 18.9. The van der Waals surface area contributed by atoms with Crippen LogP contribution >= 0.6 is 12.2 Å². The van der Waals surface area contributed by atoms with E-state index in [9.17, 15) is 4.39 Å². The molecule has 2 N–H and O–H groups in total. The number of aryl methyl sites for hydroxylation is 1. The minimum atomic E-state index is -0.302. The molecule has 0 unspecified atom stereocenters. The maximum atomic E-state index is 13.1. The predicted molar refractivity (Wildman–Crippen MR) is 91.9 cm³/mol. The van der Waals surface area contributed by atoms with Gasteiger partial charge in [0.1, 0.15) is 18.2 Å². The molecule has 22 heavy (non-hydrogen) atoms. The van der Waals surface area contributed by atoms with Crippen molar-refractivity contribution in [3.8, 4) is 5.75 Å². The van der Waals surface area contributed by atoms with Crippen molar-refractivity contribution in [3.05, 3.63) is 59.9 Å². The Hall–Kier alpha value is -2.14. The van der Waals surface area contributed by atoms with Gasteiger partial charge in [-0.05, 0) is 55.9 Å². The molecule has 1 atom stereocenters. The van der Waals surface area contributed by atoms with Crippen LogP contribution in [0.15, 0.2) is 48.5 Å². The maximum absolute atomic E-state index is 13.1. The summed E-state index contributed by atoms with van der Waals surface area (Å²) in [5.41, 5.74) is 1.71. The average Bonchev–Trinajstić information content (AvgIpc) is 2.46. The molecule has 0 amide bonds. The summed E-state index contributed by atoms with van der Waals surface area (Å²) >= 11 is 5.21. The van der Waals surface area contributed by atoms with Crippen molar-refractivity contribution in [2.24, 2.45) is 0 Å². The standard InChI is InChI=1S/C17H19FN2OS/c1-12-6-3-4-9-16(12)21-11-13(2)19-17(22)20-15-8-5-7-14(18)10-15/h3-10,13H,11H2,1-2H3,(H2,19,20,22)/t13-/m0/s1. The lowest BCUT2D eigenvalue weighted by molar-refractivity contribution is 0.285. The normalized spacial score (nSPS) is 11.6. The fourth-order valence-electron chi connectivity index (χ4n) is 1.93. The fraction of sp³-hybridized carbons (Fsp3) is 0.235. The second kappa shape index (κ2) is 7.75. The Bertz CT molecular complexity index is 648. The smallest absolute Gasteiger partial charge is 0.171 e. The lowest BCUT2D eigenvalue weighted by Crippen LogP contribution is -2.39. The quantitative estimate of drug-likeness (QED) is 0.820. The summed E-state index contributed by atoms with van der Waals surface area (Å²) in [5, 5.41) is 6.49. The molecular formula is C17H19FN2OS. The van der Waals surface area contributed by atoms with Crippen molar-refractivity contribution in [1.82, 2.24) is 5.32 Å². The molecule has 0 aromatic heterocycles. The third-order valence-electron chi connectivity index (χ3n) is 3.04. The molecule has 3 nitrogen and oxygen atoms in total. The molecule has 0 spiro atoms. The van der Waals surface area contributed by atoms with Gasteiger partial charge in [-0.2, -0.15) is 0 Å². The van der Waals surface area contributed by atoms with Gasteiger partial charge < -0.3 is 15.4 Å². The van der Waals surface area contributed by atoms with E-state index in [0.29, 0.717) is 17.4 Å². The molecule has 5 heteroatoms. The van der Waals surface area contributed by atoms with E-state index in [1.165, 1.54) is 12.1 Å². The lowest BCUT2D eigenvalue weighted by Gasteiger charge is -2.18. The molecule has 0 aliphatic heterocycles. The molecule has 0 bridgehead atoms. The largest absolute Gasteiger partial charge is 0.491 e. The summed E-state index contributed by atoms with van der Waals surface area (Å²) in [6.45, 7) is 4.46. The van der Waals surface area contributed by atoms with Crippen molar-refractivity contribution in [2.75, 3.05) is 11.9 Å². The van der Waals surface area contributed by atoms with E-state index in [1.54, 1.807) is 12.1 Å². The number of ether oxygens (including phenoxy) is 1. The van der Waals surface area contributed by atoms with E-state index < -0.39 is 0 Å². The molecule has 2 aromatic rings. The van der Waals surface area contributed by atoms with Gasteiger partial charge >= 0.3 is 0 Å². The highest BCUT2D eigenvalue weighted by Gasteiger charge is 2.07. The molecule has 0 saturated heterocycles. The third kappa shape index (κ3) is 5.00. The van der Waals surface area contributed by atoms with Crippen molar-refractivity contribution >= 4 is 23.0 Å². The number of halogens is 1. The molecule has 2 rings (SSSR count). The van der Waals surface area contributed by atoms with Gasteiger partial charge in [-0.25, -0.2) is 4.39 Å². The third-order valence-corrected chi connectivity index (χ3v) is 3.26. The lowest BCUT2D eigenvalue weighted by atomic mass is 10.2. The van der Waals surface area contributed by atoms with E-state index in [2.05, 4.69) is 10.6 Å². The van der Waals surface area contributed by atoms with E-state index in [1.807, 2.05) is 38.1 Å². The van der Waals surface area contributed by atoms with Crippen LogP contribution in [0.25, 0.3) is 0 Å². The molecule has 2 aromatic carbocycles. The number of nitrogens with one attached hydrogen (secondary N) is 2. The van der Waals surface area contributed by atoms with Gasteiger partial charge in [0.25, 0.3) is 0 Å². The summed E-state index contributed by atoms with van der Waals surface area (Å²) in [6.07, 6.45) is 0. The summed E-state index contributed by atoms with van der Waals surface area (Å²) in [4.78, 5) is 0. The summed E-state index contributed by atoms with van der Waals surface area (Å²) in [6, 6.07) is 14.0. The van der Waals surface area contributed by atoms with Crippen LogP contribution in [-0.4, -0.2) is 17.8 Å². The molecule has 0 heterocycles. The molecule has 0 saturated carbocycles. The van der Waals surface area contributed by atoms with Crippen LogP contribution in [0.4, 0.5) is 10.1 Å². The molecule has 0 aliphatic rings. The van der Waals surface area contributed by atoms with Gasteiger partial charge in [-0.1, -0.05) is 24.3 Å². The summed E-state index contributed by atoms with van der Waals surface area (Å²) in [5.74, 6) is 0.559. The van der Waals surface area contributed by atoms with Crippen LogP contribution < -0.4 is 15.4 Å². The molecule has 0 fully saturated rings. The minimum Gasteiger partial charge on any atom is -0.491 e. The zero-order valence-electron chi connectivity index (χ0n) is 12.6. The topological polar surface area (TPSA) is 33.3 Å². The van der Waals surface area contributed by atoms with Gasteiger partial charge in [-0.15, -0.1) is 0 Å². The monoisotopic (exact) mass is 318 g/mol. The number of thiocarbonyl (C=S) groups is 1. The Morgan fingerprint density at radius 2 is 2.00 bits per heavy atom. The number of rotatable bonds is 5. The second-order valence-corrected chi connectivity index (χ2v) is 5.49. The highest BCUT2D eigenvalue weighted by Crippen LogP contribution is 2.16. The first kappa shape index (κ1) is 16.2. The number of hydrogen-bond donors (Lipinski definition) is 2. The van der Waals surface area contributed by atoms with E-state index >= 15 is 0 Å². The number of para-hydroxylation sites is 1. The van der Waals surface area contributed by atoms with Gasteiger partial charge in [0.15, 0.2) is 5.11 Å². The Balaban J connectivity index is 1.80. The Kier molecular flexibility index (Phi) is 5.72. The van der Waals surface area contributed by atoms with Crippen molar-refractivity contribution in [3.63, 3.8) is 0 Å². The highest BCUT2D eigenvalue weighted by atomic mass is 32.1. The number of hydrogen-bond acceptors (Lipinski definition) is 2. The fourth-order valence-corrected chi connectivity index (χ4v) is 2.25. The zero-order chi connectivity index (χ0) is 15.9. The molecule has 0 aliphatic carbocycles. The van der Waals surface area contributed by atoms with Crippen molar-refractivity contribution in [2.45, 2.75) is 19.9 Å². The zero-order valence-corrected chi connectivity index (χ0v) is 13.4. The molecule has 0 radical (unpaired) electrons. The summed E-state index contributed by atoms with van der Waals surface area (Å²) in [7, 11) is 0. The number of anilines is 1. The SMILES string of the molecule is Cc1ccccc1OC[C@H](C)NC(=S)Nc1cccc(F)c1. The van der Waals surface area contributed by atoms with E-state index in [-0.39, 0.29) is 11.9 Å². The van der Waals surface area contributed by atoms with Crippen LogP contribution in [0.2, 0.25) is 0 Å². The van der Waals surface area contributed by atoms with Crippen molar-refractivity contribution < 1.29 is 9.13 Å². The Morgan fingerprint density at radius 3 is 2.73 bits per heavy atom. The van der Waals surface area contributed by atoms with E-state index in [0.717, 1.165) is 11.3 Å². The molecule has 116 valence electrons. The van der Waals surface area contributed by atoms with Crippen LogP contribution in [0.1, 0.15) is 12.5 Å². The van der Waals surface area contributed by atoms with Crippen LogP contribution in [0.5, 0.6) is 5.75 Å². The first-order valence-electron chi connectivity index (χ1n) is 7.06. The van der Waals surface area contributed by atoms with E-state index in [4.69, 9.17) is 17.0 Å². The second-order valence-electron chi connectivity index (χ2n) is 5.09. The first-order chi connectivity index (χ1) is 10.5. The highest BCUT2D eigenvalue weighted by molar-refractivity contribution is 7.80. The maximum Gasteiger partial charge on any atom is 0.171 e.